The molecule has 1 aliphatic rings. The van der Waals surface area contributed by atoms with Gasteiger partial charge < -0.3 is 10.6 Å². The van der Waals surface area contributed by atoms with E-state index in [-0.39, 0.29) is 30.2 Å². The van der Waals surface area contributed by atoms with Gasteiger partial charge in [0, 0.05) is 31.9 Å². The second kappa shape index (κ2) is 10.1. The molecule has 2 N–H and O–H groups in total. The van der Waals surface area contributed by atoms with Gasteiger partial charge in [0.1, 0.15) is 5.82 Å². The Kier molecular flexibility index (Phi) is 7.32. The third kappa shape index (κ3) is 6.66. The largest absolute Gasteiger partial charge is 0.348 e. The summed E-state index contributed by atoms with van der Waals surface area (Å²) in [6.45, 7) is 5.43. The lowest BCUT2D eigenvalue weighted by molar-refractivity contribution is -0.124. The average Bonchev–Trinajstić information content (AvgIpc) is 2.70. The van der Waals surface area contributed by atoms with E-state index in [1.54, 1.807) is 12.1 Å². The normalized spacial score (nSPS) is 16.2. The number of piperazine rings is 1. The summed E-state index contributed by atoms with van der Waals surface area (Å²) < 4.78 is 13.2. The number of anilines is 1. The first kappa shape index (κ1) is 21.0. The minimum atomic E-state index is -0.378. The van der Waals surface area contributed by atoms with E-state index >= 15 is 0 Å². The van der Waals surface area contributed by atoms with Crippen molar-refractivity contribution in [2.45, 2.75) is 13.0 Å². The van der Waals surface area contributed by atoms with Gasteiger partial charge >= 0.3 is 0 Å². The van der Waals surface area contributed by atoms with Gasteiger partial charge in [-0.05, 0) is 30.7 Å². The summed E-state index contributed by atoms with van der Waals surface area (Å²) in [6.07, 6.45) is 0. The fourth-order valence-corrected chi connectivity index (χ4v) is 3.39. The lowest BCUT2D eigenvalue weighted by Crippen LogP contribution is -2.51. The summed E-state index contributed by atoms with van der Waals surface area (Å²) in [7, 11) is 0. The van der Waals surface area contributed by atoms with E-state index in [2.05, 4.69) is 15.5 Å². The van der Waals surface area contributed by atoms with Crippen molar-refractivity contribution in [1.82, 2.24) is 15.1 Å². The maximum atomic E-state index is 13.2. The molecule has 0 radical (unpaired) electrons. The minimum absolute atomic E-state index is 0.00125. The van der Waals surface area contributed by atoms with E-state index in [9.17, 15) is 14.0 Å². The zero-order chi connectivity index (χ0) is 20.6. The van der Waals surface area contributed by atoms with Crippen LogP contribution < -0.4 is 10.6 Å². The third-order valence-corrected chi connectivity index (χ3v) is 4.98. The van der Waals surface area contributed by atoms with Gasteiger partial charge in [-0.25, -0.2) is 4.39 Å². The number of hydrogen-bond donors (Lipinski definition) is 2. The Morgan fingerprint density at radius 2 is 1.55 bits per heavy atom. The predicted molar refractivity (Wildman–Crippen MR) is 111 cm³/mol. The number of nitrogens with zero attached hydrogens (tertiary/aromatic N) is 2. The lowest BCUT2D eigenvalue weighted by Gasteiger charge is -2.34. The van der Waals surface area contributed by atoms with Gasteiger partial charge in [0.15, 0.2) is 0 Å². The fourth-order valence-electron chi connectivity index (χ4n) is 3.39. The lowest BCUT2D eigenvalue weighted by atomic mass is 10.1. The van der Waals surface area contributed by atoms with Crippen molar-refractivity contribution < 1.29 is 14.0 Å². The molecular weight excluding hydrogens is 371 g/mol. The van der Waals surface area contributed by atoms with Crippen LogP contribution in [0.4, 0.5) is 10.1 Å². The number of halogens is 1. The topological polar surface area (TPSA) is 64.7 Å². The summed E-state index contributed by atoms with van der Waals surface area (Å²) in [5.41, 5.74) is 1.54. The van der Waals surface area contributed by atoms with Crippen molar-refractivity contribution in [2.24, 2.45) is 0 Å². The van der Waals surface area contributed by atoms with Crippen LogP contribution >= 0.6 is 0 Å². The molecule has 0 saturated carbocycles. The zero-order valence-corrected chi connectivity index (χ0v) is 16.6. The van der Waals surface area contributed by atoms with Gasteiger partial charge in [-0.15, -0.1) is 0 Å². The van der Waals surface area contributed by atoms with Crippen LogP contribution in [-0.4, -0.2) is 60.9 Å². The highest BCUT2D eigenvalue weighted by Crippen LogP contribution is 2.12. The summed E-state index contributed by atoms with van der Waals surface area (Å²) in [6, 6.07) is 15.7. The molecule has 0 aliphatic carbocycles. The summed E-state index contributed by atoms with van der Waals surface area (Å²) in [5, 5.41) is 5.74. The maximum absolute atomic E-state index is 13.2. The Bertz CT molecular complexity index is 823. The van der Waals surface area contributed by atoms with Gasteiger partial charge in [-0.3, -0.25) is 19.4 Å². The molecule has 1 heterocycles. The summed E-state index contributed by atoms with van der Waals surface area (Å²) in [5.74, 6) is -0.548. The van der Waals surface area contributed by atoms with Crippen LogP contribution in [0.2, 0.25) is 0 Å². The third-order valence-electron chi connectivity index (χ3n) is 4.98. The molecule has 1 atom stereocenters. The van der Waals surface area contributed by atoms with E-state index < -0.39 is 0 Å². The Morgan fingerprint density at radius 1 is 0.931 bits per heavy atom. The standard InChI is InChI=1S/C22H27FN4O2/c1-17(18-6-3-2-4-7-18)24-21(28)15-26-10-12-27(13-11-26)16-22(29)25-20-9-5-8-19(23)14-20/h2-9,14,17H,10-13,15-16H2,1H3,(H,24,28)(H,25,29)/t17-/m1/s1. The van der Waals surface area contributed by atoms with Crippen molar-refractivity contribution >= 4 is 17.5 Å². The molecule has 1 saturated heterocycles. The monoisotopic (exact) mass is 398 g/mol. The van der Waals surface area contributed by atoms with Crippen LogP contribution in [-0.2, 0) is 9.59 Å². The molecule has 0 unspecified atom stereocenters. The number of rotatable bonds is 7. The molecule has 2 aromatic rings. The number of hydrogen-bond acceptors (Lipinski definition) is 4. The fraction of sp³-hybridized carbons (Fsp3) is 0.364. The van der Waals surface area contributed by atoms with Crippen molar-refractivity contribution in [1.29, 1.82) is 0 Å². The van der Waals surface area contributed by atoms with Gasteiger partial charge in [0.05, 0.1) is 19.1 Å². The van der Waals surface area contributed by atoms with E-state index in [0.717, 1.165) is 18.7 Å². The van der Waals surface area contributed by atoms with Gasteiger partial charge in [-0.1, -0.05) is 36.4 Å². The zero-order valence-electron chi connectivity index (χ0n) is 16.6. The first-order valence-electron chi connectivity index (χ1n) is 9.84. The molecule has 0 aromatic heterocycles. The van der Waals surface area contributed by atoms with Crippen LogP contribution in [0.5, 0.6) is 0 Å². The summed E-state index contributed by atoms with van der Waals surface area (Å²) in [4.78, 5) is 28.6. The van der Waals surface area contributed by atoms with Gasteiger partial charge in [0.25, 0.3) is 0 Å². The number of carbonyl (C=O) groups is 2. The number of carbonyl (C=O) groups excluding carboxylic acids is 2. The van der Waals surface area contributed by atoms with Crippen LogP contribution in [0.25, 0.3) is 0 Å². The molecule has 3 rings (SSSR count). The first-order valence-corrected chi connectivity index (χ1v) is 9.84. The van der Waals surface area contributed by atoms with E-state index in [1.165, 1.54) is 12.1 Å². The van der Waals surface area contributed by atoms with E-state index in [0.29, 0.717) is 25.3 Å². The molecule has 7 heteroatoms. The molecule has 2 aromatic carbocycles. The van der Waals surface area contributed by atoms with Crippen molar-refractivity contribution in [3.63, 3.8) is 0 Å². The maximum Gasteiger partial charge on any atom is 0.238 e. The molecular formula is C22H27FN4O2. The smallest absolute Gasteiger partial charge is 0.238 e. The van der Waals surface area contributed by atoms with Crippen molar-refractivity contribution in [3.05, 3.63) is 66.0 Å². The van der Waals surface area contributed by atoms with Crippen LogP contribution in [0, 0.1) is 5.82 Å². The van der Waals surface area contributed by atoms with Gasteiger partial charge in [-0.2, -0.15) is 0 Å². The highest BCUT2D eigenvalue weighted by atomic mass is 19.1. The average molecular weight is 398 g/mol. The predicted octanol–water partition coefficient (Wildman–Crippen LogP) is 2.26. The molecule has 154 valence electrons. The quantitative estimate of drug-likeness (QED) is 0.751. The van der Waals surface area contributed by atoms with E-state index in [1.807, 2.05) is 42.2 Å². The number of amides is 2. The van der Waals surface area contributed by atoms with Crippen molar-refractivity contribution in [2.75, 3.05) is 44.6 Å². The molecule has 2 amide bonds. The molecule has 0 spiro atoms. The Hall–Kier alpha value is -2.77. The van der Waals surface area contributed by atoms with Crippen molar-refractivity contribution in [3.8, 4) is 0 Å². The molecule has 0 bridgehead atoms. The second-order valence-electron chi connectivity index (χ2n) is 7.31. The van der Waals surface area contributed by atoms with E-state index in [4.69, 9.17) is 0 Å². The Morgan fingerprint density at radius 3 is 2.17 bits per heavy atom. The van der Waals surface area contributed by atoms with Crippen LogP contribution in [0.3, 0.4) is 0 Å². The Balaban J connectivity index is 1.37. The number of benzene rings is 2. The van der Waals surface area contributed by atoms with Gasteiger partial charge in [0.2, 0.25) is 11.8 Å². The molecule has 1 aliphatic heterocycles. The molecule has 29 heavy (non-hydrogen) atoms. The SMILES string of the molecule is C[C@@H](NC(=O)CN1CCN(CC(=O)Nc2cccc(F)c2)CC1)c1ccccc1. The van der Waals surface area contributed by atoms with Crippen LogP contribution in [0.15, 0.2) is 54.6 Å². The highest BCUT2D eigenvalue weighted by Gasteiger charge is 2.21. The molecule has 6 nitrogen and oxygen atoms in total. The van der Waals surface area contributed by atoms with Crippen LogP contribution in [0.1, 0.15) is 18.5 Å². The molecule has 1 fully saturated rings. The number of nitrogens with one attached hydrogen (secondary N) is 2. The second-order valence-corrected chi connectivity index (χ2v) is 7.31. The highest BCUT2D eigenvalue weighted by molar-refractivity contribution is 5.92. The first-order chi connectivity index (χ1) is 14.0. The minimum Gasteiger partial charge on any atom is -0.348 e. The Labute approximate surface area is 170 Å². The summed E-state index contributed by atoms with van der Waals surface area (Å²) >= 11 is 0.